The smallest absolute Gasteiger partial charge is 0.298 e. The molecule has 0 amide bonds. The number of hydrogen-bond donors (Lipinski definition) is 0. The molecule has 2 aromatic rings. The number of aromatic nitrogens is 1. The van der Waals surface area contributed by atoms with Crippen LogP contribution in [0.2, 0.25) is 0 Å². The van der Waals surface area contributed by atoms with E-state index >= 15 is 0 Å². The lowest BCUT2D eigenvalue weighted by Gasteiger charge is -2.17. The number of likely N-dealkylation sites (N-methyl/N-ethyl adjacent to an activating group) is 1. The highest BCUT2D eigenvalue weighted by molar-refractivity contribution is 5.79. The van der Waals surface area contributed by atoms with Gasteiger partial charge in [-0.25, -0.2) is 0 Å². The Morgan fingerprint density at radius 1 is 1.10 bits per heavy atom. The van der Waals surface area contributed by atoms with Gasteiger partial charge in [0.25, 0.3) is 6.01 Å². The Balaban J connectivity index is 1.96. The van der Waals surface area contributed by atoms with Crippen molar-refractivity contribution in [3.05, 3.63) is 23.3 Å². The van der Waals surface area contributed by atoms with Crippen molar-refractivity contribution >= 4 is 17.1 Å². The van der Waals surface area contributed by atoms with E-state index in [0.29, 0.717) is 0 Å². The van der Waals surface area contributed by atoms with Crippen molar-refractivity contribution in [3.63, 3.8) is 0 Å². The summed E-state index contributed by atoms with van der Waals surface area (Å²) in [6.07, 6.45) is 3.19. The van der Waals surface area contributed by atoms with Crippen LogP contribution < -0.4 is 4.90 Å². The maximum Gasteiger partial charge on any atom is 0.298 e. The summed E-state index contributed by atoms with van der Waals surface area (Å²) in [6, 6.07) is 5.22. The van der Waals surface area contributed by atoms with E-state index in [2.05, 4.69) is 42.8 Å². The van der Waals surface area contributed by atoms with Gasteiger partial charge in [-0.2, -0.15) is 4.98 Å². The molecule has 0 aliphatic carbocycles. The van der Waals surface area contributed by atoms with Crippen molar-refractivity contribution in [1.29, 1.82) is 0 Å². The summed E-state index contributed by atoms with van der Waals surface area (Å²) in [5.74, 6) is 0. The summed E-state index contributed by atoms with van der Waals surface area (Å²) in [7, 11) is 2.18. The van der Waals surface area contributed by atoms with Crippen molar-refractivity contribution in [2.24, 2.45) is 0 Å². The predicted octanol–water partition coefficient (Wildman–Crippen LogP) is 3.09. The summed E-state index contributed by atoms with van der Waals surface area (Å²) in [6.45, 7) is 8.60. The molecule has 0 radical (unpaired) electrons. The van der Waals surface area contributed by atoms with Crippen LogP contribution in [0.1, 0.15) is 31.4 Å². The fraction of sp³-hybridized carbons (Fsp3) is 0.588. The van der Waals surface area contributed by atoms with E-state index in [1.54, 1.807) is 0 Å². The molecule has 1 aromatic carbocycles. The molecule has 3 rings (SSSR count). The molecule has 1 aromatic heterocycles. The van der Waals surface area contributed by atoms with Gasteiger partial charge in [-0.3, -0.25) is 0 Å². The minimum Gasteiger partial charge on any atom is -0.423 e. The van der Waals surface area contributed by atoms with Gasteiger partial charge in [0, 0.05) is 19.6 Å². The lowest BCUT2D eigenvalue weighted by Crippen LogP contribution is -2.28. The van der Waals surface area contributed by atoms with E-state index in [9.17, 15) is 0 Å². The topological polar surface area (TPSA) is 32.5 Å². The average molecular weight is 287 g/mol. The van der Waals surface area contributed by atoms with Crippen LogP contribution in [-0.2, 0) is 12.8 Å². The molecule has 4 heteroatoms. The minimum atomic E-state index is 0.795. The molecular formula is C17H25N3O. The molecule has 2 heterocycles. The monoisotopic (exact) mass is 287 g/mol. The Morgan fingerprint density at radius 2 is 1.95 bits per heavy atom. The first-order valence-corrected chi connectivity index (χ1v) is 8.07. The molecule has 0 saturated carbocycles. The summed E-state index contributed by atoms with van der Waals surface area (Å²) in [5, 5.41) is 0. The number of anilines is 1. The molecule has 0 spiro atoms. The summed E-state index contributed by atoms with van der Waals surface area (Å²) in [4.78, 5) is 9.42. The quantitative estimate of drug-likeness (QED) is 0.868. The first-order valence-electron chi connectivity index (χ1n) is 8.07. The molecule has 114 valence electrons. The van der Waals surface area contributed by atoms with Crippen LogP contribution in [0.25, 0.3) is 11.1 Å². The number of benzene rings is 1. The van der Waals surface area contributed by atoms with Crippen LogP contribution in [-0.4, -0.2) is 43.1 Å². The molecule has 4 nitrogen and oxygen atoms in total. The van der Waals surface area contributed by atoms with Crippen LogP contribution in [0.5, 0.6) is 0 Å². The van der Waals surface area contributed by atoms with Crippen LogP contribution >= 0.6 is 0 Å². The fourth-order valence-corrected chi connectivity index (χ4v) is 2.99. The van der Waals surface area contributed by atoms with Crippen LogP contribution in [0.15, 0.2) is 16.5 Å². The number of rotatable bonds is 3. The van der Waals surface area contributed by atoms with Crippen LogP contribution in [0.3, 0.4) is 0 Å². The van der Waals surface area contributed by atoms with Gasteiger partial charge < -0.3 is 14.2 Å². The second-order valence-electron chi connectivity index (χ2n) is 5.95. The van der Waals surface area contributed by atoms with Crippen LogP contribution in [0, 0.1) is 0 Å². The fourth-order valence-electron chi connectivity index (χ4n) is 2.99. The zero-order chi connectivity index (χ0) is 14.8. The third-order valence-corrected chi connectivity index (χ3v) is 4.39. The van der Waals surface area contributed by atoms with Crippen LogP contribution in [0.4, 0.5) is 6.01 Å². The van der Waals surface area contributed by atoms with E-state index in [0.717, 1.165) is 62.6 Å². The third kappa shape index (κ3) is 2.91. The Labute approximate surface area is 126 Å². The summed E-state index contributed by atoms with van der Waals surface area (Å²) >= 11 is 0. The zero-order valence-electron chi connectivity index (χ0n) is 13.4. The highest BCUT2D eigenvalue weighted by Gasteiger charge is 2.19. The van der Waals surface area contributed by atoms with E-state index in [1.165, 1.54) is 11.1 Å². The molecule has 1 saturated heterocycles. The van der Waals surface area contributed by atoms with E-state index in [-0.39, 0.29) is 0 Å². The molecule has 0 unspecified atom stereocenters. The predicted molar refractivity (Wildman–Crippen MR) is 87.1 cm³/mol. The highest BCUT2D eigenvalue weighted by Crippen LogP contribution is 2.27. The molecule has 0 N–H and O–H groups in total. The standard InChI is InChI=1S/C17H25N3O/c1-4-13-11-14(5-2)16-15(12-13)18-17(21-16)20-8-6-7-19(3)9-10-20/h11-12H,4-10H2,1-3H3. The van der Waals surface area contributed by atoms with Gasteiger partial charge in [0.15, 0.2) is 5.58 Å². The number of aryl methyl sites for hydroxylation is 2. The molecule has 1 fully saturated rings. The van der Waals surface area contributed by atoms with Gasteiger partial charge in [0.2, 0.25) is 0 Å². The van der Waals surface area contributed by atoms with Crippen molar-refractivity contribution in [3.8, 4) is 0 Å². The Bertz CT molecular complexity index is 620. The maximum atomic E-state index is 6.12. The largest absolute Gasteiger partial charge is 0.423 e. The van der Waals surface area contributed by atoms with E-state index < -0.39 is 0 Å². The molecule has 0 bridgehead atoms. The SMILES string of the molecule is CCc1cc(CC)c2oc(N3CCCN(C)CC3)nc2c1. The third-order valence-electron chi connectivity index (χ3n) is 4.39. The number of fused-ring (bicyclic) bond motifs is 1. The van der Waals surface area contributed by atoms with Crippen molar-refractivity contribution in [1.82, 2.24) is 9.88 Å². The molecule has 1 aliphatic rings. The first-order chi connectivity index (χ1) is 10.2. The first kappa shape index (κ1) is 14.4. The summed E-state index contributed by atoms with van der Waals surface area (Å²) < 4.78 is 6.12. The minimum absolute atomic E-state index is 0.795. The zero-order valence-corrected chi connectivity index (χ0v) is 13.4. The molecule has 1 aliphatic heterocycles. The lowest BCUT2D eigenvalue weighted by molar-refractivity contribution is 0.359. The van der Waals surface area contributed by atoms with Crippen molar-refractivity contribution in [2.45, 2.75) is 33.1 Å². The number of oxazole rings is 1. The van der Waals surface area contributed by atoms with E-state index in [4.69, 9.17) is 9.40 Å². The van der Waals surface area contributed by atoms with E-state index in [1.807, 2.05) is 0 Å². The second kappa shape index (κ2) is 6.06. The molecule has 21 heavy (non-hydrogen) atoms. The van der Waals surface area contributed by atoms with Crippen molar-refractivity contribution < 1.29 is 4.42 Å². The van der Waals surface area contributed by atoms with Crippen molar-refractivity contribution in [2.75, 3.05) is 38.1 Å². The van der Waals surface area contributed by atoms with Gasteiger partial charge in [-0.15, -0.1) is 0 Å². The van der Waals surface area contributed by atoms with Gasteiger partial charge in [-0.05, 0) is 50.0 Å². The maximum absolute atomic E-state index is 6.12. The van der Waals surface area contributed by atoms with Gasteiger partial charge >= 0.3 is 0 Å². The Morgan fingerprint density at radius 3 is 2.71 bits per heavy atom. The molecular weight excluding hydrogens is 262 g/mol. The lowest BCUT2D eigenvalue weighted by atomic mass is 10.1. The summed E-state index contributed by atoms with van der Waals surface area (Å²) in [5.41, 5.74) is 4.60. The second-order valence-corrected chi connectivity index (χ2v) is 5.95. The van der Waals surface area contributed by atoms with Gasteiger partial charge in [0.1, 0.15) is 5.52 Å². The number of nitrogens with zero attached hydrogens (tertiary/aromatic N) is 3. The Hall–Kier alpha value is -1.55. The number of hydrogen-bond acceptors (Lipinski definition) is 4. The average Bonchev–Trinajstić information content (AvgIpc) is 2.81. The Kier molecular flexibility index (Phi) is 4.15. The van der Waals surface area contributed by atoms with Gasteiger partial charge in [0.05, 0.1) is 0 Å². The molecule has 0 atom stereocenters. The normalized spacial score (nSPS) is 17.4. The highest BCUT2D eigenvalue weighted by atomic mass is 16.4. The van der Waals surface area contributed by atoms with Gasteiger partial charge in [-0.1, -0.05) is 19.9 Å².